The molecule has 3 nitrogen and oxygen atoms in total. The maximum absolute atomic E-state index is 12.0. The number of carbonyl (C=O) groups excluding carboxylic acids is 1. The predicted molar refractivity (Wildman–Crippen MR) is 61.7 cm³/mol. The molecule has 1 rings (SSSR count). The van der Waals surface area contributed by atoms with Crippen LogP contribution >= 0.6 is 38.5 Å². The molecule has 0 aliphatic rings. The normalized spacial score (nSPS) is 11.3. The summed E-state index contributed by atoms with van der Waals surface area (Å²) in [5.74, 6) is -0.562. The third kappa shape index (κ3) is 3.58. The Morgan fingerprint density at radius 3 is 2.62 bits per heavy atom. The Bertz CT molecular complexity index is 411. The Labute approximate surface area is 111 Å². The highest BCUT2D eigenvalue weighted by molar-refractivity contribution is 14.1. The summed E-state index contributed by atoms with van der Waals surface area (Å²) in [6.45, 7) is 0. The largest absolute Gasteiger partial charge is 0.573 e. The van der Waals surface area contributed by atoms with E-state index >= 15 is 0 Å². The van der Waals surface area contributed by atoms with Gasteiger partial charge in [0.25, 0.3) is 0 Å². The molecule has 1 heterocycles. The van der Waals surface area contributed by atoms with Crippen molar-refractivity contribution >= 4 is 44.8 Å². The zero-order chi connectivity index (χ0) is 12.3. The van der Waals surface area contributed by atoms with Crippen LogP contribution in [0.1, 0.15) is 16.2 Å². The van der Waals surface area contributed by atoms with E-state index in [0.717, 1.165) is 0 Å². The van der Waals surface area contributed by atoms with Gasteiger partial charge in [-0.2, -0.15) is 0 Å². The number of nitrogens with zero attached hydrogens (tertiary/aromatic N) is 1. The van der Waals surface area contributed by atoms with Crippen LogP contribution in [0, 0.1) is 3.57 Å². The van der Waals surface area contributed by atoms with Crippen molar-refractivity contribution in [1.29, 1.82) is 0 Å². The summed E-state index contributed by atoms with van der Waals surface area (Å²) in [4.78, 5) is 14.3. The molecular formula is C8H4BrF3INO2. The molecule has 1 aromatic rings. The molecule has 0 N–H and O–H groups in total. The smallest absolute Gasteiger partial charge is 0.402 e. The van der Waals surface area contributed by atoms with Crippen LogP contribution in [0.15, 0.2) is 6.07 Å². The van der Waals surface area contributed by atoms with Crippen LogP contribution in [0.4, 0.5) is 13.2 Å². The quantitative estimate of drug-likeness (QED) is 0.437. The van der Waals surface area contributed by atoms with Crippen molar-refractivity contribution in [1.82, 2.24) is 4.98 Å². The fraction of sp³-hybridized carbons (Fsp3) is 0.250. The molecule has 0 saturated heterocycles. The minimum absolute atomic E-state index is 0.182. The topological polar surface area (TPSA) is 39.2 Å². The molecule has 0 radical (unpaired) electrons. The number of hydrogen-bond acceptors (Lipinski definition) is 3. The van der Waals surface area contributed by atoms with Gasteiger partial charge in [0, 0.05) is 5.33 Å². The van der Waals surface area contributed by atoms with E-state index in [4.69, 9.17) is 0 Å². The van der Waals surface area contributed by atoms with E-state index in [2.05, 4.69) is 25.7 Å². The van der Waals surface area contributed by atoms with Gasteiger partial charge in [-0.25, -0.2) is 4.98 Å². The van der Waals surface area contributed by atoms with Gasteiger partial charge in [-0.3, -0.25) is 4.79 Å². The van der Waals surface area contributed by atoms with Gasteiger partial charge < -0.3 is 4.74 Å². The van der Waals surface area contributed by atoms with E-state index < -0.39 is 12.1 Å². The highest BCUT2D eigenvalue weighted by Gasteiger charge is 2.33. The van der Waals surface area contributed by atoms with Crippen LogP contribution in [0.5, 0.6) is 5.75 Å². The maximum atomic E-state index is 12.0. The fourth-order valence-electron chi connectivity index (χ4n) is 0.937. The summed E-state index contributed by atoms with van der Waals surface area (Å²) >= 11 is 4.75. The minimum Gasteiger partial charge on any atom is -0.402 e. The van der Waals surface area contributed by atoms with E-state index in [0.29, 0.717) is 11.0 Å². The van der Waals surface area contributed by atoms with Crippen molar-refractivity contribution in [3.8, 4) is 5.75 Å². The van der Waals surface area contributed by atoms with Crippen LogP contribution in [0.3, 0.4) is 0 Å². The van der Waals surface area contributed by atoms with Crippen molar-refractivity contribution < 1.29 is 22.7 Å². The maximum Gasteiger partial charge on any atom is 0.573 e. The Morgan fingerprint density at radius 2 is 2.19 bits per heavy atom. The van der Waals surface area contributed by atoms with Crippen LogP contribution < -0.4 is 4.74 Å². The summed E-state index contributed by atoms with van der Waals surface area (Å²) < 4.78 is 40.0. The number of aldehydes is 1. The summed E-state index contributed by atoms with van der Waals surface area (Å²) in [5.41, 5.74) is 0.0969. The Morgan fingerprint density at radius 1 is 1.56 bits per heavy atom. The summed E-state index contributed by atoms with van der Waals surface area (Å²) in [5, 5.41) is 0.343. The molecule has 0 fully saturated rings. The molecule has 0 aliphatic carbocycles. The van der Waals surface area contributed by atoms with E-state index in [9.17, 15) is 18.0 Å². The summed E-state index contributed by atoms with van der Waals surface area (Å²) in [6.07, 6.45) is -4.61. The lowest BCUT2D eigenvalue weighted by atomic mass is 10.3. The van der Waals surface area contributed by atoms with Gasteiger partial charge in [0.05, 0.1) is 9.26 Å². The molecule has 0 atom stereocenters. The van der Waals surface area contributed by atoms with E-state index in [1.54, 1.807) is 22.6 Å². The molecule has 0 saturated carbocycles. The first-order valence-electron chi connectivity index (χ1n) is 3.83. The first kappa shape index (κ1) is 13.7. The van der Waals surface area contributed by atoms with Crippen molar-refractivity contribution in [2.75, 3.05) is 0 Å². The van der Waals surface area contributed by atoms with Crippen molar-refractivity contribution in [2.24, 2.45) is 0 Å². The number of rotatable bonds is 3. The number of pyridine rings is 1. The number of aromatic nitrogens is 1. The van der Waals surface area contributed by atoms with Gasteiger partial charge in [0.15, 0.2) is 12.0 Å². The molecule has 0 spiro atoms. The summed E-state index contributed by atoms with van der Waals surface area (Å²) in [7, 11) is 0. The summed E-state index contributed by atoms with van der Waals surface area (Å²) in [6, 6.07) is 1.41. The molecule has 1 aromatic heterocycles. The number of carbonyl (C=O) groups is 1. The molecular weight excluding hydrogens is 406 g/mol. The second-order valence-electron chi connectivity index (χ2n) is 2.61. The second-order valence-corrected chi connectivity index (χ2v) is 4.33. The van der Waals surface area contributed by atoms with E-state index in [1.807, 2.05) is 0 Å². The molecule has 0 aromatic carbocycles. The zero-order valence-corrected chi connectivity index (χ0v) is 11.3. The zero-order valence-electron chi connectivity index (χ0n) is 7.52. The molecule has 16 heavy (non-hydrogen) atoms. The predicted octanol–water partition coefficient (Wildman–Crippen LogP) is 3.29. The van der Waals surface area contributed by atoms with Crippen molar-refractivity contribution in [2.45, 2.75) is 11.7 Å². The molecule has 8 heteroatoms. The Balaban J connectivity index is 3.22. The second kappa shape index (κ2) is 5.30. The number of hydrogen-bond donors (Lipinski definition) is 0. The van der Waals surface area contributed by atoms with Crippen LogP contribution in [0.2, 0.25) is 0 Å². The lowest BCUT2D eigenvalue weighted by molar-refractivity contribution is -0.275. The Kier molecular flexibility index (Phi) is 4.53. The highest BCUT2D eigenvalue weighted by Crippen LogP contribution is 2.30. The van der Waals surface area contributed by atoms with Gasteiger partial charge in [-0.1, -0.05) is 15.9 Å². The number of alkyl halides is 4. The van der Waals surface area contributed by atoms with E-state index in [1.165, 1.54) is 6.07 Å². The molecule has 0 aliphatic heterocycles. The van der Waals surface area contributed by atoms with E-state index in [-0.39, 0.29) is 15.6 Å². The first-order valence-corrected chi connectivity index (χ1v) is 6.03. The lowest BCUT2D eigenvalue weighted by Gasteiger charge is -2.12. The highest BCUT2D eigenvalue weighted by atomic mass is 127. The van der Waals surface area contributed by atoms with Gasteiger partial charge in [-0.15, -0.1) is 13.2 Å². The fourth-order valence-corrected chi connectivity index (χ4v) is 1.97. The van der Waals surface area contributed by atoms with Gasteiger partial charge in [0.1, 0.15) is 5.69 Å². The van der Waals surface area contributed by atoms with Crippen LogP contribution in [-0.4, -0.2) is 17.6 Å². The van der Waals surface area contributed by atoms with Crippen molar-refractivity contribution in [3.05, 3.63) is 21.0 Å². The third-order valence-corrected chi connectivity index (χ3v) is 2.85. The minimum atomic E-state index is -4.84. The molecule has 88 valence electrons. The first-order chi connectivity index (χ1) is 7.37. The molecule has 0 bridgehead atoms. The number of halogens is 5. The standard InChI is InChI=1S/C8H4BrF3INO2/c9-2-4-1-5(13)7(6(3-15)14-4)16-8(10,11)12/h1,3H,2H2. The third-order valence-electron chi connectivity index (χ3n) is 1.47. The van der Waals surface area contributed by atoms with Crippen LogP contribution in [0.25, 0.3) is 0 Å². The van der Waals surface area contributed by atoms with Gasteiger partial charge in [0.2, 0.25) is 0 Å². The lowest BCUT2D eigenvalue weighted by Crippen LogP contribution is -2.19. The Hall–Kier alpha value is -0.380. The van der Waals surface area contributed by atoms with Gasteiger partial charge in [-0.05, 0) is 28.7 Å². The van der Waals surface area contributed by atoms with Gasteiger partial charge >= 0.3 is 6.36 Å². The van der Waals surface area contributed by atoms with Crippen LogP contribution in [-0.2, 0) is 5.33 Å². The molecule has 0 amide bonds. The molecule has 0 unspecified atom stereocenters. The average molecular weight is 410 g/mol. The number of ether oxygens (including phenoxy) is 1. The SMILES string of the molecule is O=Cc1nc(CBr)cc(I)c1OC(F)(F)F. The average Bonchev–Trinajstić information content (AvgIpc) is 2.19. The van der Waals surface area contributed by atoms with Crippen molar-refractivity contribution in [3.63, 3.8) is 0 Å². The monoisotopic (exact) mass is 409 g/mol.